The van der Waals surface area contributed by atoms with Crippen LogP contribution in [-0.4, -0.2) is 10.7 Å². The molecule has 1 aliphatic rings. The monoisotopic (exact) mass is 645 g/mol. The molecule has 2 atom stereocenters. The molecule has 1 N–H and O–H groups in total. The van der Waals surface area contributed by atoms with E-state index in [1.807, 2.05) is 78.9 Å². The molecule has 0 spiro atoms. The second kappa shape index (κ2) is 13.2. The van der Waals surface area contributed by atoms with Crippen LogP contribution in [0.25, 0.3) is 0 Å². The molecule has 9 nitrogen and oxygen atoms in total. The Labute approximate surface area is 256 Å². The van der Waals surface area contributed by atoms with E-state index in [1.165, 1.54) is 0 Å². The van der Waals surface area contributed by atoms with Crippen LogP contribution in [0.5, 0.6) is 28.7 Å². The van der Waals surface area contributed by atoms with Gasteiger partial charge in [-0.05, 0) is 67.6 Å². The van der Waals surface area contributed by atoms with Crippen LogP contribution in [0, 0.1) is 0 Å². The van der Waals surface area contributed by atoms with Crippen LogP contribution >= 0.6 is 22.8 Å². The first-order chi connectivity index (χ1) is 21.4. The van der Waals surface area contributed by atoms with Crippen LogP contribution in [0.1, 0.15) is 6.92 Å². The maximum absolute atomic E-state index is 12.2. The van der Waals surface area contributed by atoms with Crippen molar-refractivity contribution in [3.63, 3.8) is 0 Å². The van der Waals surface area contributed by atoms with E-state index < -0.39 is 28.6 Å². The van der Waals surface area contributed by atoms with Gasteiger partial charge in [-0.3, -0.25) is 0 Å². The first-order valence-electron chi connectivity index (χ1n) is 13.8. The van der Waals surface area contributed by atoms with Gasteiger partial charge in [0.05, 0.1) is 0 Å². The van der Waals surface area contributed by atoms with E-state index in [2.05, 4.69) is 0 Å². The van der Waals surface area contributed by atoms with Gasteiger partial charge in [0.2, 0.25) is 0 Å². The Hall–Kier alpha value is -4.25. The zero-order valence-corrected chi connectivity index (χ0v) is 26.4. The predicted octanol–water partition coefficient (Wildman–Crippen LogP) is 10.7. The van der Waals surface area contributed by atoms with Crippen molar-refractivity contribution in [3.8, 4) is 28.7 Å². The van der Waals surface area contributed by atoms with Crippen molar-refractivity contribution in [1.29, 1.82) is 0 Å². The Morgan fingerprint density at radius 2 is 0.773 bits per heavy atom. The van der Waals surface area contributed by atoms with Gasteiger partial charge in [0, 0.05) is 0 Å². The van der Waals surface area contributed by atoms with Gasteiger partial charge in [-0.2, -0.15) is 0 Å². The van der Waals surface area contributed by atoms with E-state index in [4.69, 9.17) is 36.4 Å². The molecule has 6 rings (SSSR count). The van der Waals surface area contributed by atoms with Crippen molar-refractivity contribution < 1.29 is 27.5 Å². The Morgan fingerprint density at radius 1 is 0.455 bits per heavy atom. The van der Waals surface area contributed by atoms with Crippen LogP contribution in [-0.2, 0) is 0 Å². The molecule has 0 saturated carbocycles. The van der Waals surface area contributed by atoms with Crippen molar-refractivity contribution in [2.45, 2.75) is 12.7 Å². The lowest BCUT2D eigenvalue weighted by Crippen LogP contribution is -2.13. The van der Waals surface area contributed by atoms with Crippen LogP contribution in [0.2, 0.25) is 0 Å². The van der Waals surface area contributed by atoms with E-state index in [0.29, 0.717) is 28.7 Å². The summed E-state index contributed by atoms with van der Waals surface area (Å²) < 4.78 is 47.5. The molecule has 2 unspecified atom stereocenters. The Bertz CT molecular complexity index is 1750. The van der Waals surface area contributed by atoms with Crippen LogP contribution in [0.3, 0.4) is 0 Å². The van der Waals surface area contributed by atoms with Gasteiger partial charge in [0.15, 0.2) is 5.78 Å². The van der Waals surface area contributed by atoms with E-state index in [1.54, 1.807) is 79.7 Å². The zero-order valence-electron chi connectivity index (χ0n) is 23.7. The summed E-state index contributed by atoms with van der Waals surface area (Å²) in [5.41, 5.74) is 0. The third kappa shape index (κ3) is 7.27. The van der Waals surface area contributed by atoms with E-state index in [9.17, 15) is 4.89 Å². The number of hydrogen-bond acceptors (Lipinski definition) is 8. The predicted molar refractivity (Wildman–Crippen MR) is 175 cm³/mol. The largest absolute Gasteiger partial charge is 0.458 e. The fourth-order valence-corrected chi connectivity index (χ4v) is 12.7. The summed E-state index contributed by atoms with van der Waals surface area (Å²) in [5.74, 6) is 1.33. The van der Waals surface area contributed by atoms with Crippen molar-refractivity contribution in [3.05, 3.63) is 152 Å². The molecule has 5 aromatic carbocycles. The van der Waals surface area contributed by atoms with Crippen LogP contribution in [0.4, 0.5) is 0 Å². The number of rotatable bonds is 10. The second-order valence-corrected chi connectivity index (χ2v) is 16.0. The third-order valence-electron chi connectivity index (χ3n) is 6.12. The molecule has 0 aromatic heterocycles. The van der Waals surface area contributed by atoms with E-state index >= 15 is 0 Å². The molecule has 0 amide bonds. The lowest BCUT2D eigenvalue weighted by molar-refractivity contribution is 0.451. The summed E-state index contributed by atoms with van der Waals surface area (Å²) in [6.07, 6.45) is 0. The summed E-state index contributed by atoms with van der Waals surface area (Å²) in [5, 5.41) is 0. The molecule has 0 fully saturated rings. The second-order valence-electron chi connectivity index (χ2n) is 9.52. The molecule has 0 saturated heterocycles. The fourth-order valence-electron chi connectivity index (χ4n) is 4.17. The summed E-state index contributed by atoms with van der Waals surface area (Å²) in [6, 6.07) is 45.3. The van der Waals surface area contributed by atoms with Crippen molar-refractivity contribution >= 4 is 22.8 Å². The highest BCUT2D eigenvalue weighted by atomic mass is 31.3. The first kappa shape index (κ1) is 29.8. The minimum Gasteiger partial charge on any atom is -0.428 e. The van der Waals surface area contributed by atoms with E-state index in [0.717, 1.165) is 0 Å². The summed E-state index contributed by atoms with van der Waals surface area (Å²) in [6.45, 7) is 1.77. The Morgan fingerprint density at radius 3 is 1.14 bits per heavy atom. The van der Waals surface area contributed by atoms with Gasteiger partial charge < -0.3 is 27.5 Å². The average Bonchev–Trinajstić information content (AvgIpc) is 3.11. The highest BCUT2D eigenvalue weighted by Crippen LogP contribution is 2.74. The molecule has 1 aliphatic heterocycles. The van der Waals surface area contributed by atoms with Crippen LogP contribution < -0.4 is 22.6 Å². The summed E-state index contributed by atoms with van der Waals surface area (Å²) in [4.78, 5) is 12.2. The summed E-state index contributed by atoms with van der Waals surface area (Å²) >= 11 is 0. The molecular formula is C32H30N3O6P3. The molecule has 0 radical (unpaired) electrons. The van der Waals surface area contributed by atoms with Gasteiger partial charge in [0.25, 0.3) is 0 Å². The lowest BCUT2D eigenvalue weighted by atomic mass is 10.3. The molecule has 224 valence electrons. The maximum atomic E-state index is 12.2. The van der Waals surface area contributed by atoms with Crippen LogP contribution in [0.15, 0.2) is 165 Å². The lowest BCUT2D eigenvalue weighted by Gasteiger charge is -2.29. The average molecular weight is 646 g/mol. The SMILES string of the molecule is CC1N=P(O)(Oc2ccccc2)N=P(Oc2ccccc2)(Oc2ccccc2)N=P1(Oc1ccccc1)Oc1ccccc1. The highest BCUT2D eigenvalue weighted by molar-refractivity contribution is 7.74. The van der Waals surface area contributed by atoms with Gasteiger partial charge in [-0.25, -0.2) is 4.74 Å². The fraction of sp³-hybridized carbons (Fsp3) is 0.0625. The standard InChI is InChI=1S/C32H30N3O6P3/c1-27-33-43(36,39-30-21-11-4-12-22-30)35-44(40-31-23-13-5-14-24-31,41-32-25-15-6-16-26-32)34-42(27,37-28-17-7-2-8-18-28)38-29-19-9-3-10-20-29/h2-27,36H,1H3. The highest BCUT2D eigenvalue weighted by Gasteiger charge is 2.46. The topological polar surface area (TPSA) is 103 Å². The smallest absolute Gasteiger partial charge is 0.428 e. The number of nitrogens with zero attached hydrogens (tertiary/aromatic N) is 3. The number of benzene rings is 5. The molecule has 12 heteroatoms. The van der Waals surface area contributed by atoms with Gasteiger partial charge in [-0.1, -0.05) is 91.0 Å². The Kier molecular flexibility index (Phi) is 8.92. The van der Waals surface area contributed by atoms with Crippen molar-refractivity contribution in [2.75, 3.05) is 0 Å². The summed E-state index contributed by atoms with van der Waals surface area (Å²) in [7, 11) is -11.6. The van der Waals surface area contributed by atoms with Gasteiger partial charge in [0.1, 0.15) is 28.7 Å². The molecule has 44 heavy (non-hydrogen) atoms. The number of hydrogen-bond donors (Lipinski definition) is 1. The van der Waals surface area contributed by atoms with Crippen molar-refractivity contribution in [2.24, 2.45) is 13.8 Å². The van der Waals surface area contributed by atoms with Gasteiger partial charge in [-0.15, -0.1) is 9.03 Å². The third-order valence-corrected chi connectivity index (χ3v) is 14.0. The minimum atomic E-state index is -4.05. The van der Waals surface area contributed by atoms with E-state index in [-0.39, 0.29) is 0 Å². The molecular weight excluding hydrogens is 615 g/mol. The quantitative estimate of drug-likeness (QED) is 0.152. The van der Waals surface area contributed by atoms with Crippen molar-refractivity contribution in [1.82, 2.24) is 0 Å². The zero-order chi connectivity index (χ0) is 30.3. The number of para-hydroxylation sites is 5. The normalized spacial score (nSPS) is 19.9. The molecule has 0 bridgehead atoms. The first-order valence-corrected chi connectivity index (χ1v) is 18.5. The Balaban J connectivity index is 1.64. The van der Waals surface area contributed by atoms with Gasteiger partial charge >= 0.3 is 22.8 Å². The molecule has 5 aromatic rings. The molecule has 1 heterocycles. The molecule has 0 aliphatic carbocycles. The minimum absolute atomic E-state index is 0.374. The maximum Gasteiger partial charge on any atom is 0.458 e.